The van der Waals surface area contributed by atoms with Gasteiger partial charge in [0.2, 0.25) is 0 Å². The molecule has 2 aliphatic heterocycles. The van der Waals surface area contributed by atoms with Crippen molar-refractivity contribution in [2.75, 3.05) is 34.8 Å². The lowest BCUT2D eigenvalue weighted by Gasteiger charge is -2.48. The second kappa shape index (κ2) is 7.41. The number of anilines is 3. The Hall–Kier alpha value is -2.63. The Labute approximate surface area is 166 Å². The van der Waals surface area contributed by atoms with E-state index in [-0.39, 0.29) is 5.91 Å². The van der Waals surface area contributed by atoms with Crippen molar-refractivity contribution in [3.05, 3.63) is 42.1 Å². The Bertz CT molecular complexity index is 840. The van der Waals surface area contributed by atoms with E-state index in [4.69, 9.17) is 0 Å². The van der Waals surface area contributed by atoms with Gasteiger partial charge in [0.25, 0.3) is 5.91 Å². The van der Waals surface area contributed by atoms with E-state index in [0.29, 0.717) is 5.92 Å². The summed E-state index contributed by atoms with van der Waals surface area (Å²) in [6, 6.07) is 12.2. The molecule has 1 fully saturated rings. The van der Waals surface area contributed by atoms with Crippen LogP contribution >= 0.6 is 0 Å². The van der Waals surface area contributed by atoms with Crippen molar-refractivity contribution in [2.45, 2.75) is 45.6 Å². The molecule has 1 aromatic heterocycles. The summed E-state index contributed by atoms with van der Waals surface area (Å²) in [7, 11) is 0. The largest absolute Gasteiger partial charge is 0.369 e. The van der Waals surface area contributed by atoms with E-state index in [1.807, 2.05) is 42.2 Å². The number of carbonyl (C=O) groups excluding carboxylic acids is 1. The molecule has 1 amide bonds. The van der Waals surface area contributed by atoms with Gasteiger partial charge in [0, 0.05) is 19.6 Å². The fourth-order valence-corrected chi connectivity index (χ4v) is 4.12. The lowest BCUT2D eigenvalue weighted by molar-refractivity contribution is -0.123. The van der Waals surface area contributed by atoms with Crippen LogP contribution in [0.15, 0.2) is 36.4 Å². The molecular weight excluding hydrogens is 350 g/mol. The van der Waals surface area contributed by atoms with Crippen LogP contribution in [0.25, 0.3) is 0 Å². The molecule has 1 N–H and O–H groups in total. The lowest BCUT2D eigenvalue weighted by Crippen LogP contribution is -2.62. The maximum absolute atomic E-state index is 13.6. The van der Waals surface area contributed by atoms with Crippen LogP contribution in [0, 0.1) is 12.8 Å². The van der Waals surface area contributed by atoms with E-state index < -0.39 is 5.54 Å². The molecule has 6 nitrogen and oxygen atoms in total. The third kappa shape index (κ3) is 3.43. The van der Waals surface area contributed by atoms with E-state index in [2.05, 4.69) is 40.3 Å². The van der Waals surface area contributed by atoms with Gasteiger partial charge in [0.1, 0.15) is 5.54 Å². The number of benzene rings is 1. The second-order valence-electron chi connectivity index (χ2n) is 8.38. The van der Waals surface area contributed by atoms with Crippen molar-refractivity contribution in [3.8, 4) is 0 Å². The molecule has 0 radical (unpaired) electrons. The fourth-order valence-electron chi connectivity index (χ4n) is 4.12. The first-order chi connectivity index (χ1) is 13.5. The monoisotopic (exact) mass is 379 g/mol. The van der Waals surface area contributed by atoms with E-state index in [1.165, 1.54) is 0 Å². The smallest absolute Gasteiger partial charge is 0.252 e. The lowest BCUT2D eigenvalue weighted by atomic mass is 9.83. The van der Waals surface area contributed by atoms with Gasteiger partial charge in [-0.1, -0.05) is 26.0 Å². The highest BCUT2D eigenvalue weighted by Crippen LogP contribution is 2.40. The molecule has 3 heterocycles. The first kappa shape index (κ1) is 18.7. The van der Waals surface area contributed by atoms with Gasteiger partial charge in [0.05, 0.1) is 17.1 Å². The molecule has 6 heteroatoms. The van der Waals surface area contributed by atoms with Crippen molar-refractivity contribution < 1.29 is 4.79 Å². The van der Waals surface area contributed by atoms with Crippen LogP contribution in [0.2, 0.25) is 0 Å². The number of aromatic nitrogens is 2. The number of carbonyl (C=O) groups is 1. The van der Waals surface area contributed by atoms with Crippen LogP contribution in [0.5, 0.6) is 0 Å². The zero-order chi connectivity index (χ0) is 19.7. The summed E-state index contributed by atoms with van der Waals surface area (Å²) >= 11 is 0. The maximum Gasteiger partial charge on any atom is 0.252 e. The molecule has 0 aliphatic carbocycles. The van der Waals surface area contributed by atoms with Crippen molar-refractivity contribution in [1.82, 2.24) is 10.2 Å². The summed E-state index contributed by atoms with van der Waals surface area (Å²) in [5.74, 6) is 1.66. The number of hydrogen-bond acceptors (Lipinski definition) is 5. The molecule has 0 bridgehead atoms. The average molecular weight is 380 g/mol. The Kier molecular flexibility index (Phi) is 4.96. The summed E-state index contributed by atoms with van der Waals surface area (Å²) in [5, 5.41) is 12.1. The normalized spacial score (nSPS) is 18.4. The number of aryl methyl sites for hydroxylation is 1. The minimum absolute atomic E-state index is 0.210. The molecule has 1 aromatic carbocycles. The van der Waals surface area contributed by atoms with E-state index in [9.17, 15) is 4.79 Å². The minimum atomic E-state index is -0.528. The van der Waals surface area contributed by atoms with Crippen LogP contribution in [-0.2, 0) is 4.79 Å². The number of hydrogen-bond donors (Lipinski definition) is 1. The standard InChI is InChI=1S/C22H29N5O/c1-16(2)10-13-27-19-7-5-4-6-18(19)23-22(21(27)28)11-14-26(15-12-22)20-9-8-17(3)24-25-20/h4-9,16,23H,10-15H2,1-3H3. The molecule has 0 unspecified atom stereocenters. The Balaban J connectivity index is 1.56. The van der Waals surface area contributed by atoms with E-state index >= 15 is 0 Å². The Morgan fingerprint density at radius 3 is 2.54 bits per heavy atom. The molecule has 28 heavy (non-hydrogen) atoms. The third-order valence-corrected chi connectivity index (χ3v) is 5.88. The van der Waals surface area contributed by atoms with Gasteiger partial charge in [0.15, 0.2) is 5.82 Å². The SMILES string of the molecule is Cc1ccc(N2CCC3(CC2)Nc2ccccc2N(CCC(C)C)C3=O)nn1. The van der Waals surface area contributed by atoms with Crippen LogP contribution in [-0.4, -0.2) is 41.3 Å². The van der Waals surface area contributed by atoms with Crippen molar-refractivity contribution >= 4 is 23.1 Å². The topological polar surface area (TPSA) is 61.4 Å². The summed E-state index contributed by atoms with van der Waals surface area (Å²) in [4.78, 5) is 17.8. The number of rotatable bonds is 4. The molecular formula is C22H29N5O. The number of para-hydroxylation sites is 2. The van der Waals surface area contributed by atoms with Gasteiger partial charge in [-0.2, -0.15) is 5.10 Å². The summed E-state index contributed by atoms with van der Waals surface area (Å²) in [6.07, 6.45) is 2.52. The van der Waals surface area contributed by atoms with Crippen LogP contribution in [0.4, 0.5) is 17.2 Å². The molecule has 0 saturated carbocycles. The molecule has 148 valence electrons. The highest BCUT2D eigenvalue weighted by Gasteiger charge is 2.47. The average Bonchev–Trinajstić information content (AvgIpc) is 2.70. The van der Waals surface area contributed by atoms with Gasteiger partial charge in [-0.25, -0.2) is 0 Å². The quantitative estimate of drug-likeness (QED) is 0.879. The molecule has 4 rings (SSSR count). The molecule has 0 atom stereocenters. The predicted molar refractivity (Wildman–Crippen MR) is 113 cm³/mol. The Morgan fingerprint density at radius 2 is 1.86 bits per heavy atom. The minimum Gasteiger partial charge on any atom is -0.369 e. The predicted octanol–water partition coefficient (Wildman–Crippen LogP) is 3.63. The van der Waals surface area contributed by atoms with E-state index in [1.54, 1.807) is 0 Å². The molecule has 2 aromatic rings. The van der Waals surface area contributed by atoms with Gasteiger partial charge < -0.3 is 15.1 Å². The van der Waals surface area contributed by atoms with Crippen LogP contribution < -0.4 is 15.1 Å². The summed E-state index contributed by atoms with van der Waals surface area (Å²) < 4.78 is 0. The van der Waals surface area contributed by atoms with Crippen molar-refractivity contribution in [1.29, 1.82) is 0 Å². The van der Waals surface area contributed by atoms with Crippen molar-refractivity contribution in [3.63, 3.8) is 0 Å². The molecule has 2 aliphatic rings. The number of nitrogens with zero attached hydrogens (tertiary/aromatic N) is 4. The van der Waals surface area contributed by atoms with Crippen molar-refractivity contribution in [2.24, 2.45) is 5.92 Å². The highest BCUT2D eigenvalue weighted by molar-refractivity contribution is 6.08. The maximum atomic E-state index is 13.6. The number of nitrogens with one attached hydrogen (secondary N) is 1. The fraction of sp³-hybridized carbons (Fsp3) is 0.500. The zero-order valence-corrected chi connectivity index (χ0v) is 17.0. The van der Waals surface area contributed by atoms with E-state index in [0.717, 1.165) is 61.8 Å². The summed E-state index contributed by atoms with van der Waals surface area (Å²) in [6.45, 7) is 8.69. The summed E-state index contributed by atoms with van der Waals surface area (Å²) in [5.41, 5.74) is 2.46. The first-order valence-corrected chi connectivity index (χ1v) is 10.2. The number of fused-ring (bicyclic) bond motifs is 1. The number of amides is 1. The van der Waals surface area contributed by atoms with Crippen LogP contribution in [0.1, 0.15) is 38.8 Å². The molecule has 1 spiro atoms. The van der Waals surface area contributed by atoms with Gasteiger partial charge >= 0.3 is 0 Å². The van der Waals surface area contributed by atoms with Gasteiger partial charge in [-0.15, -0.1) is 5.10 Å². The Morgan fingerprint density at radius 1 is 1.11 bits per heavy atom. The first-order valence-electron chi connectivity index (χ1n) is 10.2. The van der Waals surface area contributed by atoms with Crippen LogP contribution in [0.3, 0.4) is 0 Å². The van der Waals surface area contributed by atoms with Gasteiger partial charge in [-0.3, -0.25) is 4.79 Å². The zero-order valence-electron chi connectivity index (χ0n) is 17.0. The molecule has 1 saturated heterocycles. The third-order valence-electron chi connectivity index (χ3n) is 5.88. The number of piperidine rings is 1. The van der Waals surface area contributed by atoms with Gasteiger partial charge in [-0.05, 0) is 56.4 Å². The highest BCUT2D eigenvalue weighted by atomic mass is 16.2. The second-order valence-corrected chi connectivity index (χ2v) is 8.38.